The fourth-order valence-corrected chi connectivity index (χ4v) is 4.84. The number of esters is 1. The summed E-state index contributed by atoms with van der Waals surface area (Å²) in [5.41, 5.74) is 3.81. The fourth-order valence-electron chi connectivity index (χ4n) is 4.67. The predicted octanol–water partition coefficient (Wildman–Crippen LogP) is 4.87. The average molecular weight is 451 g/mol. The molecule has 1 spiro atoms. The van der Waals surface area contributed by atoms with Crippen LogP contribution in [0.15, 0.2) is 60.8 Å². The molecule has 0 unspecified atom stereocenters. The number of hydrogen-bond donors (Lipinski definition) is 2. The second kappa shape index (κ2) is 7.91. The van der Waals surface area contributed by atoms with E-state index in [2.05, 4.69) is 45.7 Å². The van der Waals surface area contributed by atoms with Gasteiger partial charge in [0.2, 0.25) is 0 Å². The zero-order valence-electron chi connectivity index (χ0n) is 17.6. The van der Waals surface area contributed by atoms with E-state index in [4.69, 9.17) is 16.3 Å². The van der Waals surface area contributed by atoms with Crippen molar-refractivity contribution >= 4 is 35.0 Å². The Kier molecular flexibility index (Phi) is 5.06. The number of piperidine rings is 1. The molecule has 1 saturated heterocycles. The third kappa shape index (κ3) is 3.39. The summed E-state index contributed by atoms with van der Waals surface area (Å²) in [6.07, 6.45) is 3.61. The summed E-state index contributed by atoms with van der Waals surface area (Å²) in [5.74, 6) is -0.527. The molecule has 1 aromatic heterocycles. The monoisotopic (exact) mass is 450 g/mol. The molecule has 1 fully saturated rings. The van der Waals surface area contributed by atoms with Crippen LogP contribution in [0, 0.1) is 0 Å². The van der Waals surface area contributed by atoms with Gasteiger partial charge in [-0.25, -0.2) is 9.59 Å². The van der Waals surface area contributed by atoms with E-state index in [0.717, 1.165) is 24.2 Å². The minimum absolute atomic E-state index is 0.234. The molecule has 2 aromatic carbocycles. The van der Waals surface area contributed by atoms with Crippen molar-refractivity contribution in [1.29, 1.82) is 0 Å². The van der Waals surface area contributed by atoms with Crippen LogP contribution in [-0.4, -0.2) is 41.7 Å². The highest BCUT2D eigenvalue weighted by molar-refractivity contribution is 6.31. The first-order chi connectivity index (χ1) is 15.5. The number of ether oxygens (including phenoxy) is 1. The van der Waals surface area contributed by atoms with Gasteiger partial charge in [-0.3, -0.25) is 0 Å². The molecule has 2 amide bonds. The summed E-state index contributed by atoms with van der Waals surface area (Å²) in [4.78, 5) is 26.8. The van der Waals surface area contributed by atoms with Gasteiger partial charge in [0.1, 0.15) is 0 Å². The number of carbonyl (C=O) groups is 2. The Bertz CT molecular complexity index is 1200. The van der Waals surface area contributed by atoms with E-state index < -0.39 is 5.97 Å². The van der Waals surface area contributed by atoms with Crippen LogP contribution in [0.25, 0.3) is 5.69 Å². The molecule has 0 bridgehead atoms. The topological polar surface area (TPSA) is 75.6 Å². The molecule has 7 nitrogen and oxygen atoms in total. The molecular formula is C24H23ClN4O3. The van der Waals surface area contributed by atoms with Crippen LogP contribution in [0.5, 0.6) is 0 Å². The number of para-hydroxylation sites is 2. The van der Waals surface area contributed by atoms with Gasteiger partial charge in [-0.15, -0.1) is 0 Å². The molecule has 5 rings (SSSR count). The lowest BCUT2D eigenvalue weighted by Gasteiger charge is -2.46. The third-order valence-electron chi connectivity index (χ3n) is 6.31. The highest BCUT2D eigenvalue weighted by Crippen LogP contribution is 2.43. The van der Waals surface area contributed by atoms with Crippen LogP contribution in [0.1, 0.15) is 28.9 Å². The maximum absolute atomic E-state index is 13.0. The van der Waals surface area contributed by atoms with E-state index in [-0.39, 0.29) is 17.1 Å². The van der Waals surface area contributed by atoms with E-state index in [9.17, 15) is 9.59 Å². The van der Waals surface area contributed by atoms with Crippen molar-refractivity contribution in [3.63, 3.8) is 0 Å². The lowest BCUT2D eigenvalue weighted by molar-refractivity contribution is 0.0602. The second-order valence-electron chi connectivity index (χ2n) is 8.09. The number of fused-ring (bicyclic) bond motifs is 4. The highest BCUT2D eigenvalue weighted by atomic mass is 35.5. The molecule has 8 heteroatoms. The second-order valence-corrected chi connectivity index (χ2v) is 8.52. The van der Waals surface area contributed by atoms with Gasteiger partial charge in [-0.2, -0.15) is 0 Å². The first-order valence-electron chi connectivity index (χ1n) is 10.5. The Morgan fingerprint density at radius 1 is 1.09 bits per heavy atom. The number of aromatic nitrogens is 1. The van der Waals surface area contributed by atoms with Gasteiger partial charge in [0.25, 0.3) is 0 Å². The number of anilines is 2. The van der Waals surface area contributed by atoms with Crippen LogP contribution in [0.3, 0.4) is 0 Å². The third-order valence-corrected chi connectivity index (χ3v) is 6.54. The Morgan fingerprint density at radius 2 is 1.88 bits per heavy atom. The van der Waals surface area contributed by atoms with Crippen molar-refractivity contribution in [3.05, 3.63) is 77.1 Å². The minimum Gasteiger partial charge on any atom is -0.465 e. The minimum atomic E-state index is -0.527. The molecular weight excluding hydrogens is 428 g/mol. The quantitative estimate of drug-likeness (QED) is 0.546. The number of hydrogen-bond acceptors (Lipinski definition) is 4. The molecule has 0 radical (unpaired) electrons. The molecule has 3 aromatic rings. The number of likely N-dealkylation sites (tertiary alicyclic amines) is 1. The molecule has 164 valence electrons. The Labute approximate surface area is 190 Å². The van der Waals surface area contributed by atoms with Crippen LogP contribution in [0.2, 0.25) is 5.02 Å². The van der Waals surface area contributed by atoms with E-state index in [0.29, 0.717) is 23.8 Å². The SMILES string of the molecule is COC(=O)c1ccc(Cl)cc1NC(=O)N1CCC2(CC1)Nc1ccccc1-n1cccc12. The van der Waals surface area contributed by atoms with Gasteiger partial charge >= 0.3 is 12.0 Å². The summed E-state index contributed by atoms with van der Waals surface area (Å²) in [5, 5.41) is 7.01. The first-order valence-corrected chi connectivity index (χ1v) is 10.9. The lowest BCUT2D eigenvalue weighted by Crippen LogP contribution is -2.51. The van der Waals surface area contributed by atoms with Gasteiger partial charge in [0.05, 0.1) is 35.3 Å². The fraction of sp³-hybridized carbons (Fsp3) is 0.250. The van der Waals surface area contributed by atoms with Crippen LogP contribution in [-0.2, 0) is 10.3 Å². The number of methoxy groups -OCH3 is 1. The normalized spacial score (nSPS) is 16.0. The number of rotatable bonds is 2. The van der Waals surface area contributed by atoms with Gasteiger partial charge in [-0.1, -0.05) is 23.7 Å². The Hall–Kier alpha value is -3.45. The van der Waals surface area contributed by atoms with Gasteiger partial charge in [0, 0.05) is 30.0 Å². The zero-order valence-corrected chi connectivity index (χ0v) is 18.4. The highest BCUT2D eigenvalue weighted by Gasteiger charge is 2.42. The number of carbonyl (C=O) groups excluding carboxylic acids is 2. The number of nitrogens with one attached hydrogen (secondary N) is 2. The molecule has 0 aliphatic carbocycles. The molecule has 32 heavy (non-hydrogen) atoms. The van der Waals surface area contributed by atoms with Gasteiger partial charge in [-0.05, 0) is 55.3 Å². The summed E-state index contributed by atoms with van der Waals surface area (Å²) >= 11 is 6.08. The number of nitrogens with zero attached hydrogens (tertiary/aromatic N) is 2. The number of amides is 2. The molecule has 3 heterocycles. The molecule has 2 aliphatic heterocycles. The van der Waals surface area contributed by atoms with E-state index in [1.165, 1.54) is 12.8 Å². The summed E-state index contributed by atoms with van der Waals surface area (Å²) in [6.45, 7) is 1.14. The van der Waals surface area contributed by atoms with E-state index >= 15 is 0 Å². The molecule has 0 saturated carbocycles. The predicted molar refractivity (Wildman–Crippen MR) is 124 cm³/mol. The van der Waals surface area contributed by atoms with Crippen molar-refractivity contribution in [1.82, 2.24) is 9.47 Å². The number of halogens is 1. The van der Waals surface area contributed by atoms with Crippen LogP contribution < -0.4 is 10.6 Å². The number of urea groups is 1. The van der Waals surface area contributed by atoms with E-state index in [1.807, 2.05) is 12.1 Å². The van der Waals surface area contributed by atoms with Crippen LogP contribution in [0.4, 0.5) is 16.2 Å². The smallest absolute Gasteiger partial charge is 0.339 e. The van der Waals surface area contributed by atoms with Crippen molar-refractivity contribution in [2.75, 3.05) is 30.8 Å². The first kappa shape index (κ1) is 20.5. The Morgan fingerprint density at radius 3 is 2.66 bits per heavy atom. The van der Waals surface area contributed by atoms with Gasteiger partial charge < -0.3 is 24.8 Å². The van der Waals surface area contributed by atoms with Crippen molar-refractivity contribution < 1.29 is 14.3 Å². The van der Waals surface area contributed by atoms with Crippen molar-refractivity contribution in [2.45, 2.75) is 18.4 Å². The number of benzene rings is 2. The largest absolute Gasteiger partial charge is 0.465 e. The molecule has 2 aliphatic rings. The summed E-state index contributed by atoms with van der Waals surface area (Å²) in [6, 6.07) is 16.9. The molecule has 2 N–H and O–H groups in total. The lowest BCUT2D eigenvalue weighted by atomic mass is 9.82. The Balaban J connectivity index is 1.34. The molecule has 0 atom stereocenters. The van der Waals surface area contributed by atoms with Crippen molar-refractivity contribution in [2.24, 2.45) is 0 Å². The van der Waals surface area contributed by atoms with E-state index in [1.54, 1.807) is 23.1 Å². The maximum atomic E-state index is 13.0. The zero-order chi connectivity index (χ0) is 22.3. The average Bonchev–Trinajstić information content (AvgIpc) is 3.31. The standard InChI is InChI=1S/C24H23ClN4O3/c1-32-22(30)17-9-8-16(25)15-19(17)26-23(31)28-13-10-24(11-14-28)21-7-4-12-29(21)20-6-3-2-5-18(20)27-24/h2-9,12,15,27H,10-11,13-14H2,1H3,(H,26,31). The van der Waals surface area contributed by atoms with Gasteiger partial charge in [0.15, 0.2) is 0 Å². The van der Waals surface area contributed by atoms with Crippen LogP contribution >= 0.6 is 11.6 Å². The summed E-state index contributed by atoms with van der Waals surface area (Å²) < 4.78 is 7.05. The summed E-state index contributed by atoms with van der Waals surface area (Å²) in [7, 11) is 1.30. The van der Waals surface area contributed by atoms with Crippen molar-refractivity contribution in [3.8, 4) is 5.69 Å². The maximum Gasteiger partial charge on any atom is 0.339 e.